The summed E-state index contributed by atoms with van der Waals surface area (Å²) < 4.78 is 9.58. The van der Waals surface area contributed by atoms with E-state index in [-0.39, 0.29) is 11.9 Å². The molecule has 0 spiro atoms. The Morgan fingerprint density at radius 3 is 1.25 bits per heavy atom. The number of hydrogen-bond acceptors (Lipinski definition) is 6. The molecule has 0 fully saturated rings. The van der Waals surface area contributed by atoms with Gasteiger partial charge in [0.15, 0.2) is 0 Å². The van der Waals surface area contributed by atoms with Crippen LogP contribution in [0.2, 0.25) is 0 Å². The van der Waals surface area contributed by atoms with Crippen LogP contribution in [0.15, 0.2) is 60.7 Å². The average molecular weight is 334 g/mol. The minimum Gasteiger partial charge on any atom is -0.462 e. The zero-order valence-corrected chi connectivity index (χ0v) is 13.7. The largest absolute Gasteiger partial charge is 0.462 e. The Kier molecular flexibility index (Phi) is 12.4. The molecule has 0 aliphatic carbocycles. The third kappa shape index (κ3) is 8.67. The molecule has 6 heteroatoms. The summed E-state index contributed by atoms with van der Waals surface area (Å²) in [5.41, 5.74) is 1.21. The lowest BCUT2D eigenvalue weighted by molar-refractivity contribution is -0.176. The number of esters is 2. The maximum Gasteiger partial charge on any atom is 0.338 e. The number of ether oxygens (including phenoxy) is 2. The van der Waals surface area contributed by atoms with Gasteiger partial charge in [0.1, 0.15) is 0 Å². The molecule has 0 aliphatic rings. The van der Waals surface area contributed by atoms with Crippen LogP contribution in [0.3, 0.4) is 0 Å². The van der Waals surface area contributed by atoms with Gasteiger partial charge >= 0.3 is 11.9 Å². The Labute approximate surface area is 141 Å². The van der Waals surface area contributed by atoms with Crippen LogP contribution >= 0.6 is 0 Å². The van der Waals surface area contributed by atoms with E-state index in [4.69, 9.17) is 20.0 Å². The highest BCUT2D eigenvalue weighted by Crippen LogP contribution is 2.00. The van der Waals surface area contributed by atoms with Crippen molar-refractivity contribution in [1.82, 2.24) is 0 Å². The molecular formula is C18H22O6. The quantitative estimate of drug-likeness (QED) is 0.502. The molecule has 0 amide bonds. The SMILES string of the molecule is CCOC(=O)c1ccccc1.CCOC(=O)c1ccccc1.OO. The van der Waals surface area contributed by atoms with Crippen LogP contribution in [-0.4, -0.2) is 35.7 Å². The van der Waals surface area contributed by atoms with Crippen LogP contribution in [0.25, 0.3) is 0 Å². The molecule has 0 aliphatic heterocycles. The monoisotopic (exact) mass is 334 g/mol. The van der Waals surface area contributed by atoms with E-state index in [1.54, 1.807) is 38.1 Å². The van der Waals surface area contributed by atoms with Crippen molar-refractivity contribution in [3.05, 3.63) is 71.8 Å². The van der Waals surface area contributed by atoms with Gasteiger partial charge in [-0.2, -0.15) is 0 Å². The fourth-order valence-electron chi connectivity index (χ4n) is 1.58. The van der Waals surface area contributed by atoms with E-state index in [2.05, 4.69) is 0 Å². The topological polar surface area (TPSA) is 93.1 Å². The van der Waals surface area contributed by atoms with Gasteiger partial charge in [-0.1, -0.05) is 36.4 Å². The van der Waals surface area contributed by atoms with E-state index in [0.29, 0.717) is 24.3 Å². The minimum absolute atomic E-state index is 0.256. The summed E-state index contributed by atoms with van der Waals surface area (Å²) in [5, 5.41) is 12.0. The second-order valence-electron chi connectivity index (χ2n) is 4.17. The van der Waals surface area contributed by atoms with Gasteiger partial charge in [0.2, 0.25) is 0 Å². The summed E-state index contributed by atoms with van der Waals surface area (Å²) in [5.74, 6) is -0.513. The Morgan fingerprint density at radius 2 is 1.00 bits per heavy atom. The fraction of sp³-hybridized carbons (Fsp3) is 0.222. The lowest BCUT2D eigenvalue weighted by atomic mass is 10.2. The maximum absolute atomic E-state index is 11.0. The summed E-state index contributed by atoms with van der Waals surface area (Å²) in [7, 11) is 0. The van der Waals surface area contributed by atoms with Gasteiger partial charge in [0, 0.05) is 0 Å². The molecule has 0 heterocycles. The summed E-state index contributed by atoms with van der Waals surface area (Å²) in [6.45, 7) is 4.43. The van der Waals surface area contributed by atoms with E-state index in [1.165, 1.54) is 0 Å². The third-order valence-corrected chi connectivity index (χ3v) is 2.57. The van der Waals surface area contributed by atoms with Crippen molar-refractivity contribution >= 4 is 11.9 Å². The highest BCUT2D eigenvalue weighted by Gasteiger charge is 2.03. The molecule has 0 atom stereocenters. The Morgan fingerprint density at radius 1 is 0.708 bits per heavy atom. The predicted octanol–water partition coefficient (Wildman–Crippen LogP) is 3.74. The number of hydrogen-bond donors (Lipinski definition) is 2. The van der Waals surface area contributed by atoms with E-state index in [9.17, 15) is 9.59 Å². The predicted molar refractivity (Wildman–Crippen MR) is 90.1 cm³/mol. The summed E-state index contributed by atoms with van der Waals surface area (Å²) in [4.78, 5) is 22.0. The highest BCUT2D eigenvalue weighted by molar-refractivity contribution is 5.89. The molecule has 2 aromatic carbocycles. The molecule has 2 rings (SSSR count). The van der Waals surface area contributed by atoms with Crippen molar-refractivity contribution in [2.24, 2.45) is 0 Å². The molecule has 24 heavy (non-hydrogen) atoms. The molecular weight excluding hydrogens is 312 g/mol. The van der Waals surface area contributed by atoms with Crippen LogP contribution < -0.4 is 0 Å². The highest BCUT2D eigenvalue weighted by atomic mass is 17.0. The zero-order valence-electron chi connectivity index (χ0n) is 13.7. The molecule has 0 unspecified atom stereocenters. The maximum atomic E-state index is 11.0. The molecule has 0 aromatic heterocycles. The van der Waals surface area contributed by atoms with Gasteiger partial charge in [-0.15, -0.1) is 0 Å². The second kappa shape index (κ2) is 13.9. The van der Waals surface area contributed by atoms with Crippen molar-refractivity contribution in [1.29, 1.82) is 0 Å². The molecule has 2 aromatic rings. The van der Waals surface area contributed by atoms with Crippen molar-refractivity contribution in [3.63, 3.8) is 0 Å². The summed E-state index contributed by atoms with van der Waals surface area (Å²) >= 11 is 0. The van der Waals surface area contributed by atoms with Gasteiger partial charge in [-0.3, -0.25) is 10.5 Å². The molecule has 0 bridgehead atoms. The number of carbonyl (C=O) groups excluding carboxylic acids is 2. The summed E-state index contributed by atoms with van der Waals surface area (Å²) in [6.07, 6.45) is 0. The minimum atomic E-state index is -0.256. The molecule has 130 valence electrons. The van der Waals surface area contributed by atoms with Gasteiger partial charge in [-0.25, -0.2) is 9.59 Å². The first-order chi connectivity index (χ1) is 11.7. The van der Waals surface area contributed by atoms with Crippen molar-refractivity contribution in [2.45, 2.75) is 13.8 Å². The van der Waals surface area contributed by atoms with Crippen molar-refractivity contribution in [2.75, 3.05) is 13.2 Å². The first kappa shape index (κ1) is 21.3. The summed E-state index contributed by atoms with van der Waals surface area (Å²) in [6, 6.07) is 17.9. The van der Waals surface area contributed by atoms with Crippen molar-refractivity contribution in [3.8, 4) is 0 Å². The van der Waals surface area contributed by atoms with Gasteiger partial charge in [0.25, 0.3) is 0 Å². The van der Waals surface area contributed by atoms with Crippen molar-refractivity contribution < 1.29 is 29.6 Å². The van der Waals surface area contributed by atoms with Gasteiger partial charge < -0.3 is 9.47 Å². The Bertz CT molecular complexity index is 515. The van der Waals surface area contributed by atoms with Crippen LogP contribution in [0, 0.1) is 0 Å². The van der Waals surface area contributed by atoms with Gasteiger partial charge in [-0.05, 0) is 38.1 Å². The Hall–Kier alpha value is -2.70. The second-order valence-corrected chi connectivity index (χ2v) is 4.17. The van der Waals surface area contributed by atoms with Crippen LogP contribution in [0.1, 0.15) is 34.6 Å². The van der Waals surface area contributed by atoms with Gasteiger partial charge in [0.05, 0.1) is 24.3 Å². The molecule has 6 nitrogen and oxygen atoms in total. The average Bonchev–Trinajstić information content (AvgIpc) is 2.66. The molecule has 0 saturated carbocycles. The zero-order chi connectivity index (χ0) is 18.2. The third-order valence-electron chi connectivity index (χ3n) is 2.57. The lowest BCUT2D eigenvalue weighted by Gasteiger charge is -1.99. The molecule has 2 N–H and O–H groups in total. The number of carbonyl (C=O) groups is 2. The van der Waals surface area contributed by atoms with E-state index in [1.807, 2.05) is 36.4 Å². The Balaban J connectivity index is 0.000000400. The standard InChI is InChI=1S/2C9H10O2.H2O2/c2*1-2-11-9(10)8-6-4-3-5-7-8;1-2/h2*3-7H,2H2,1H3;1-2H. The number of benzene rings is 2. The van der Waals surface area contributed by atoms with Crippen LogP contribution in [0.4, 0.5) is 0 Å². The lowest BCUT2D eigenvalue weighted by Crippen LogP contribution is -2.03. The smallest absolute Gasteiger partial charge is 0.338 e. The normalized spacial score (nSPS) is 8.67. The molecule has 0 radical (unpaired) electrons. The first-order valence-corrected chi connectivity index (χ1v) is 7.33. The van der Waals surface area contributed by atoms with Crippen LogP contribution in [-0.2, 0) is 9.47 Å². The van der Waals surface area contributed by atoms with E-state index in [0.717, 1.165) is 0 Å². The number of rotatable bonds is 4. The molecule has 0 saturated heterocycles. The fourth-order valence-corrected chi connectivity index (χ4v) is 1.58. The van der Waals surface area contributed by atoms with E-state index >= 15 is 0 Å². The first-order valence-electron chi connectivity index (χ1n) is 7.33. The van der Waals surface area contributed by atoms with E-state index < -0.39 is 0 Å². The van der Waals surface area contributed by atoms with Crippen LogP contribution in [0.5, 0.6) is 0 Å².